The van der Waals surface area contributed by atoms with Crippen molar-refractivity contribution in [2.45, 2.75) is 0 Å². The quantitative estimate of drug-likeness (QED) is 0.404. The van der Waals surface area contributed by atoms with Gasteiger partial charge >= 0.3 is 5.97 Å². The lowest BCUT2D eigenvalue weighted by Gasteiger charge is -2.13. The van der Waals surface area contributed by atoms with Gasteiger partial charge in [-0.3, -0.25) is 24.1 Å². The summed E-state index contributed by atoms with van der Waals surface area (Å²) in [6, 6.07) is 9.03. The predicted molar refractivity (Wildman–Crippen MR) is 100 cm³/mol. The number of methoxy groups -OCH3 is 1. The maximum Gasteiger partial charge on any atom is 0.326 e. The van der Waals surface area contributed by atoms with Crippen LogP contribution in [0.5, 0.6) is 5.75 Å². The molecule has 0 bridgehead atoms. The third-order valence-corrected chi connectivity index (χ3v) is 4.79. The molecule has 0 N–H and O–H groups in total. The summed E-state index contributed by atoms with van der Waals surface area (Å²) in [5, 5.41) is 0.238. The van der Waals surface area contributed by atoms with Gasteiger partial charge in [0, 0.05) is 0 Å². The van der Waals surface area contributed by atoms with E-state index in [1.807, 2.05) is 0 Å². The lowest BCUT2D eigenvalue weighted by Crippen LogP contribution is -2.36. The number of halogens is 2. The number of fused-ring (bicyclic) bond motifs is 1. The molecule has 9 heteroatoms. The molecule has 0 saturated heterocycles. The molecule has 7 nitrogen and oxygen atoms in total. The van der Waals surface area contributed by atoms with Crippen molar-refractivity contribution >= 4 is 46.8 Å². The number of benzene rings is 2. The van der Waals surface area contributed by atoms with Crippen molar-refractivity contribution in [3.63, 3.8) is 0 Å². The molecular weight excluding hydrogens is 409 g/mol. The van der Waals surface area contributed by atoms with E-state index < -0.39 is 36.7 Å². The first-order chi connectivity index (χ1) is 13.3. The minimum Gasteiger partial charge on any atom is -0.496 e. The van der Waals surface area contributed by atoms with Crippen LogP contribution in [-0.4, -0.2) is 48.7 Å². The van der Waals surface area contributed by atoms with Gasteiger partial charge in [0.15, 0.2) is 6.61 Å². The first-order valence-electron chi connectivity index (χ1n) is 8.00. The molecule has 1 heterocycles. The highest BCUT2D eigenvalue weighted by Gasteiger charge is 2.37. The molecule has 0 atom stereocenters. The van der Waals surface area contributed by atoms with E-state index in [1.54, 1.807) is 18.2 Å². The maximum absolute atomic E-state index is 12.4. The number of rotatable bonds is 6. The van der Waals surface area contributed by atoms with Crippen LogP contribution in [0.2, 0.25) is 10.0 Å². The zero-order valence-electron chi connectivity index (χ0n) is 14.5. The monoisotopic (exact) mass is 421 g/mol. The number of para-hydroxylation sites is 1. The van der Waals surface area contributed by atoms with Crippen LogP contribution in [-0.2, 0) is 9.53 Å². The van der Waals surface area contributed by atoms with Gasteiger partial charge in [-0.2, -0.15) is 0 Å². The molecule has 1 aliphatic heterocycles. The Morgan fingerprint density at radius 2 is 1.57 bits per heavy atom. The van der Waals surface area contributed by atoms with E-state index in [2.05, 4.69) is 0 Å². The summed E-state index contributed by atoms with van der Waals surface area (Å²) < 4.78 is 10.0. The number of ether oxygens (including phenoxy) is 2. The number of hydrogen-bond acceptors (Lipinski definition) is 6. The minimum atomic E-state index is -0.907. The predicted octanol–water partition coefficient (Wildman–Crippen LogP) is 3.02. The number of esters is 1. The van der Waals surface area contributed by atoms with E-state index in [9.17, 15) is 19.2 Å². The SMILES string of the molecule is COc1ccccc1C(=O)COC(=O)CN1C(=O)c2cc(Cl)c(Cl)cc2C1=O. The third-order valence-electron chi connectivity index (χ3n) is 4.07. The molecule has 0 aliphatic carbocycles. The Kier molecular flexibility index (Phi) is 5.67. The Balaban J connectivity index is 1.65. The molecule has 0 saturated carbocycles. The molecule has 2 aromatic rings. The number of Topliss-reactive ketones (excluding diaryl/α,β-unsaturated/α-hetero) is 1. The summed E-state index contributed by atoms with van der Waals surface area (Å²) >= 11 is 11.7. The summed E-state index contributed by atoms with van der Waals surface area (Å²) in [5.41, 5.74) is 0.359. The fourth-order valence-corrected chi connectivity index (χ4v) is 3.03. The highest BCUT2D eigenvalue weighted by Crippen LogP contribution is 2.31. The number of imide groups is 1. The second-order valence-electron chi connectivity index (χ2n) is 5.79. The zero-order valence-corrected chi connectivity index (χ0v) is 16.0. The van der Waals surface area contributed by atoms with Crippen LogP contribution >= 0.6 is 23.2 Å². The van der Waals surface area contributed by atoms with E-state index in [4.69, 9.17) is 32.7 Å². The molecule has 28 heavy (non-hydrogen) atoms. The maximum atomic E-state index is 12.4. The van der Waals surface area contributed by atoms with Gasteiger partial charge in [0.1, 0.15) is 12.3 Å². The number of carbonyl (C=O) groups is 4. The van der Waals surface area contributed by atoms with Gasteiger partial charge in [0.2, 0.25) is 5.78 Å². The van der Waals surface area contributed by atoms with Crippen LogP contribution in [0.4, 0.5) is 0 Å². The van der Waals surface area contributed by atoms with Crippen molar-refractivity contribution in [3.8, 4) is 5.75 Å². The highest BCUT2D eigenvalue weighted by molar-refractivity contribution is 6.43. The van der Waals surface area contributed by atoms with E-state index in [-0.39, 0.29) is 26.7 Å². The molecule has 3 rings (SSSR count). The van der Waals surface area contributed by atoms with Crippen LogP contribution in [0, 0.1) is 0 Å². The number of nitrogens with zero attached hydrogens (tertiary/aromatic N) is 1. The Bertz CT molecular complexity index is 963. The molecule has 0 spiro atoms. The van der Waals surface area contributed by atoms with Gasteiger partial charge < -0.3 is 9.47 Å². The average Bonchev–Trinajstić information content (AvgIpc) is 2.91. The topological polar surface area (TPSA) is 90.0 Å². The lowest BCUT2D eigenvalue weighted by molar-refractivity contribution is -0.142. The van der Waals surface area contributed by atoms with Crippen molar-refractivity contribution in [1.82, 2.24) is 4.90 Å². The standard InChI is InChI=1S/C19H13Cl2NO6/c1-27-16-5-3-2-4-10(16)15(23)9-28-17(24)8-22-18(25)11-6-13(20)14(21)7-12(11)19(22)26/h2-7H,8-9H2,1H3. The van der Waals surface area contributed by atoms with E-state index in [0.29, 0.717) is 10.6 Å². The van der Waals surface area contributed by atoms with Gasteiger partial charge in [-0.1, -0.05) is 35.3 Å². The van der Waals surface area contributed by atoms with Crippen LogP contribution in [0.3, 0.4) is 0 Å². The van der Waals surface area contributed by atoms with Crippen LogP contribution in [0.15, 0.2) is 36.4 Å². The van der Waals surface area contributed by atoms with Crippen LogP contribution < -0.4 is 4.74 Å². The van der Waals surface area contributed by atoms with Gasteiger partial charge in [0.05, 0.1) is 33.8 Å². The molecule has 2 aromatic carbocycles. The first kappa shape index (κ1) is 19.9. The third kappa shape index (κ3) is 3.72. The number of ketones is 1. The largest absolute Gasteiger partial charge is 0.496 e. The molecule has 0 aromatic heterocycles. The highest BCUT2D eigenvalue weighted by atomic mass is 35.5. The molecule has 2 amide bonds. The minimum absolute atomic E-state index is 0.0531. The Morgan fingerprint density at radius 1 is 1.00 bits per heavy atom. The molecule has 0 unspecified atom stereocenters. The average molecular weight is 422 g/mol. The van der Waals surface area contributed by atoms with E-state index in [0.717, 1.165) is 0 Å². The van der Waals surface area contributed by atoms with Crippen molar-refractivity contribution in [1.29, 1.82) is 0 Å². The Hall–Kier alpha value is -2.90. The second kappa shape index (κ2) is 8.00. The Morgan fingerprint density at radius 3 is 2.14 bits per heavy atom. The Labute approximate surface area is 169 Å². The summed E-state index contributed by atoms with van der Waals surface area (Å²) in [6.07, 6.45) is 0. The number of carbonyl (C=O) groups excluding carboxylic acids is 4. The zero-order chi connectivity index (χ0) is 20.4. The van der Waals surface area contributed by atoms with E-state index >= 15 is 0 Å². The fourth-order valence-electron chi connectivity index (χ4n) is 2.70. The van der Waals surface area contributed by atoms with Crippen LogP contribution in [0.1, 0.15) is 31.1 Å². The normalized spacial score (nSPS) is 12.8. The smallest absolute Gasteiger partial charge is 0.326 e. The molecule has 0 fully saturated rings. The number of amides is 2. The summed E-state index contributed by atoms with van der Waals surface area (Å²) in [4.78, 5) is 49.7. The summed E-state index contributed by atoms with van der Waals surface area (Å²) in [5.74, 6) is -2.42. The van der Waals surface area contributed by atoms with Gasteiger partial charge in [-0.05, 0) is 24.3 Å². The summed E-state index contributed by atoms with van der Waals surface area (Å²) in [6.45, 7) is -1.19. The van der Waals surface area contributed by atoms with Gasteiger partial charge in [-0.15, -0.1) is 0 Å². The molecule has 0 radical (unpaired) electrons. The van der Waals surface area contributed by atoms with Gasteiger partial charge in [-0.25, -0.2) is 0 Å². The van der Waals surface area contributed by atoms with Crippen molar-refractivity contribution in [2.24, 2.45) is 0 Å². The molecular formula is C19H13Cl2NO6. The van der Waals surface area contributed by atoms with Crippen molar-refractivity contribution in [2.75, 3.05) is 20.3 Å². The molecule has 144 valence electrons. The second-order valence-corrected chi connectivity index (χ2v) is 6.61. The molecule has 1 aliphatic rings. The van der Waals surface area contributed by atoms with E-state index in [1.165, 1.54) is 25.3 Å². The fraction of sp³-hybridized carbons (Fsp3) is 0.158. The first-order valence-corrected chi connectivity index (χ1v) is 8.76. The summed E-state index contributed by atoms with van der Waals surface area (Å²) in [7, 11) is 1.42. The van der Waals surface area contributed by atoms with Crippen molar-refractivity contribution in [3.05, 3.63) is 63.1 Å². The van der Waals surface area contributed by atoms with Crippen molar-refractivity contribution < 1.29 is 28.7 Å². The van der Waals surface area contributed by atoms with Gasteiger partial charge in [0.25, 0.3) is 11.8 Å². The van der Waals surface area contributed by atoms with Crippen LogP contribution in [0.25, 0.3) is 0 Å². The lowest BCUT2D eigenvalue weighted by atomic mass is 10.1. The number of hydrogen-bond donors (Lipinski definition) is 0.